The Balaban J connectivity index is 1.29. The van der Waals surface area contributed by atoms with Gasteiger partial charge in [0.1, 0.15) is 16.2 Å². The Bertz CT molecular complexity index is 1240. The molecule has 9 nitrogen and oxygen atoms in total. The second-order valence-electron chi connectivity index (χ2n) is 7.59. The third-order valence-electron chi connectivity index (χ3n) is 5.61. The maximum absolute atomic E-state index is 11.2. The van der Waals surface area contributed by atoms with Crippen LogP contribution in [0.2, 0.25) is 0 Å². The first kappa shape index (κ1) is 21.4. The van der Waals surface area contributed by atoms with Gasteiger partial charge in [-0.1, -0.05) is 11.3 Å². The van der Waals surface area contributed by atoms with Crippen LogP contribution in [0.3, 0.4) is 0 Å². The summed E-state index contributed by atoms with van der Waals surface area (Å²) in [5.41, 5.74) is 3.83. The molecular weight excluding hydrogens is 438 g/mol. The molecule has 5 rings (SSSR count). The number of hydrogen-bond donors (Lipinski definition) is 1. The highest BCUT2D eigenvalue weighted by atomic mass is 32.1. The molecule has 33 heavy (non-hydrogen) atoms. The maximum Gasteiger partial charge on any atom is 0.190 e. The standard InChI is InChI=1S/C23H23N7O2S/c1-32-21(15-31)30-12-10-29(11-13-30)17-6-9-25-20(14-17)28-23-27-19-3-2-18(26-22(19)33-23)16-4-7-24-8-5-16/h2-9,14-15,21H,10-13H2,1H3,(H,25,27,28). The van der Waals surface area contributed by atoms with Gasteiger partial charge in [0.2, 0.25) is 0 Å². The normalized spacial score (nSPS) is 15.5. The summed E-state index contributed by atoms with van der Waals surface area (Å²) in [6.45, 7) is 3.12. The summed E-state index contributed by atoms with van der Waals surface area (Å²) in [4.78, 5) is 34.3. The van der Waals surface area contributed by atoms with Crippen LogP contribution in [-0.2, 0) is 9.53 Å². The molecule has 5 heterocycles. The number of thiazole rings is 1. The number of nitrogens with zero attached hydrogens (tertiary/aromatic N) is 6. The van der Waals surface area contributed by atoms with Crippen LogP contribution in [-0.4, -0.2) is 70.6 Å². The summed E-state index contributed by atoms with van der Waals surface area (Å²) in [6.07, 6.45) is 5.68. The van der Waals surface area contributed by atoms with E-state index in [1.807, 2.05) is 41.3 Å². The minimum absolute atomic E-state index is 0.478. The number of rotatable bonds is 7. The summed E-state index contributed by atoms with van der Waals surface area (Å²) in [5.74, 6) is 0.728. The van der Waals surface area contributed by atoms with Crippen molar-refractivity contribution in [1.29, 1.82) is 0 Å². The van der Waals surface area contributed by atoms with Crippen molar-refractivity contribution in [2.24, 2.45) is 0 Å². The van der Waals surface area contributed by atoms with Crippen LogP contribution in [0.1, 0.15) is 0 Å². The highest BCUT2D eigenvalue weighted by Gasteiger charge is 2.23. The van der Waals surface area contributed by atoms with Crippen molar-refractivity contribution in [3.05, 3.63) is 55.0 Å². The number of methoxy groups -OCH3 is 1. The van der Waals surface area contributed by atoms with Crippen LogP contribution in [0, 0.1) is 0 Å². The van der Waals surface area contributed by atoms with Crippen LogP contribution < -0.4 is 10.2 Å². The molecule has 168 valence electrons. The number of aldehydes is 1. The number of ether oxygens (including phenoxy) is 1. The first-order valence-electron chi connectivity index (χ1n) is 10.6. The predicted octanol–water partition coefficient (Wildman–Crippen LogP) is 3.19. The number of piperazine rings is 1. The fraction of sp³-hybridized carbons (Fsp3) is 0.261. The number of aromatic nitrogens is 4. The van der Waals surface area contributed by atoms with E-state index in [1.165, 1.54) is 11.3 Å². The molecule has 1 N–H and O–H groups in total. The third-order valence-corrected chi connectivity index (χ3v) is 6.49. The molecule has 4 aromatic heterocycles. The predicted molar refractivity (Wildman–Crippen MR) is 129 cm³/mol. The monoisotopic (exact) mass is 461 g/mol. The Kier molecular flexibility index (Phi) is 6.20. The molecule has 1 aliphatic heterocycles. The molecule has 0 aromatic carbocycles. The number of carbonyl (C=O) groups is 1. The van der Waals surface area contributed by atoms with E-state index in [4.69, 9.17) is 9.72 Å². The lowest BCUT2D eigenvalue weighted by atomic mass is 10.2. The summed E-state index contributed by atoms with van der Waals surface area (Å²) >= 11 is 1.49. The van der Waals surface area contributed by atoms with Crippen LogP contribution in [0.5, 0.6) is 0 Å². The van der Waals surface area contributed by atoms with Crippen molar-refractivity contribution < 1.29 is 9.53 Å². The molecule has 1 unspecified atom stereocenters. The zero-order valence-corrected chi connectivity index (χ0v) is 18.9. The van der Waals surface area contributed by atoms with Crippen molar-refractivity contribution in [3.8, 4) is 11.3 Å². The van der Waals surface area contributed by atoms with Crippen molar-refractivity contribution in [1.82, 2.24) is 24.8 Å². The topological polar surface area (TPSA) is 96.4 Å². The quantitative estimate of drug-likeness (QED) is 0.416. The van der Waals surface area contributed by atoms with E-state index in [2.05, 4.69) is 25.2 Å². The van der Waals surface area contributed by atoms with Crippen molar-refractivity contribution in [2.45, 2.75) is 6.23 Å². The minimum atomic E-state index is -0.478. The van der Waals surface area contributed by atoms with Gasteiger partial charge in [0.25, 0.3) is 0 Å². The largest absolute Gasteiger partial charge is 0.369 e. The molecule has 1 aliphatic rings. The van der Waals surface area contributed by atoms with Gasteiger partial charge in [0.05, 0.1) is 5.69 Å². The van der Waals surface area contributed by atoms with Gasteiger partial charge in [-0.05, 0) is 30.3 Å². The summed E-state index contributed by atoms with van der Waals surface area (Å²) in [7, 11) is 1.56. The zero-order chi connectivity index (χ0) is 22.6. The smallest absolute Gasteiger partial charge is 0.190 e. The van der Waals surface area contributed by atoms with E-state index in [9.17, 15) is 4.79 Å². The molecule has 0 saturated carbocycles. The number of pyridine rings is 3. The zero-order valence-electron chi connectivity index (χ0n) is 18.1. The molecule has 0 bridgehead atoms. The molecule has 1 atom stereocenters. The average Bonchev–Trinajstić information content (AvgIpc) is 3.27. The molecule has 4 aromatic rings. The van der Waals surface area contributed by atoms with Gasteiger partial charge in [-0.2, -0.15) is 0 Å². The highest BCUT2D eigenvalue weighted by Crippen LogP contribution is 2.30. The molecule has 0 amide bonds. The van der Waals surface area contributed by atoms with Crippen LogP contribution in [0.15, 0.2) is 55.0 Å². The van der Waals surface area contributed by atoms with Crippen LogP contribution >= 0.6 is 11.3 Å². The van der Waals surface area contributed by atoms with Crippen molar-refractivity contribution in [2.75, 3.05) is 43.5 Å². The average molecular weight is 462 g/mol. The van der Waals surface area contributed by atoms with Gasteiger partial charge in [-0.25, -0.2) is 15.0 Å². The maximum atomic E-state index is 11.2. The molecule has 1 fully saturated rings. The highest BCUT2D eigenvalue weighted by molar-refractivity contribution is 7.21. The summed E-state index contributed by atoms with van der Waals surface area (Å²) in [6, 6.07) is 11.9. The molecule has 0 aliphatic carbocycles. The number of anilines is 3. The van der Waals surface area contributed by atoms with Crippen molar-refractivity contribution in [3.63, 3.8) is 0 Å². The second-order valence-corrected chi connectivity index (χ2v) is 8.56. The van der Waals surface area contributed by atoms with E-state index in [1.54, 1.807) is 25.7 Å². The summed E-state index contributed by atoms with van der Waals surface area (Å²) < 4.78 is 5.23. The van der Waals surface area contributed by atoms with E-state index < -0.39 is 6.23 Å². The van der Waals surface area contributed by atoms with Crippen molar-refractivity contribution >= 4 is 44.6 Å². The number of fused-ring (bicyclic) bond motifs is 1. The van der Waals surface area contributed by atoms with E-state index in [0.29, 0.717) is 0 Å². The summed E-state index contributed by atoms with van der Waals surface area (Å²) in [5, 5.41) is 4.06. The molecule has 0 spiro atoms. The van der Waals surface area contributed by atoms with Gasteiger partial charge in [0, 0.05) is 69.2 Å². The number of carbonyl (C=O) groups excluding carboxylic acids is 1. The SMILES string of the molecule is COC(C=O)N1CCN(c2ccnc(Nc3nc4ccc(-c5ccncc5)nc4s3)c2)CC1. The van der Waals surface area contributed by atoms with Crippen LogP contribution in [0.4, 0.5) is 16.6 Å². The Labute approximate surface area is 195 Å². The van der Waals surface area contributed by atoms with E-state index in [-0.39, 0.29) is 0 Å². The number of hydrogen-bond acceptors (Lipinski definition) is 10. The first-order valence-corrected chi connectivity index (χ1v) is 11.4. The minimum Gasteiger partial charge on any atom is -0.369 e. The van der Waals surface area contributed by atoms with Gasteiger partial charge >= 0.3 is 0 Å². The Hall–Kier alpha value is -3.47. The third kappa shape index (κ3) is 4.68. The fourth-order valence-electron chi connectivity index (χ4n) is 3.87. The molecular formula is C23H23N7O2S. The lowest BCUT2D eigenvalue weighted by Gasteiger charge is -2.37. The van der Waals surface area contributed by atoms with Gasteiger partial charge in [-0.15, -0.1) is 0 Å². The molecule has 10 heteroatoms. The fourth-order valence-corrected chi connectivity index (χ4v) is 4.72. The van der Waals surface area contributed by atoms with Gasteiger partial charge < -0.3 is 15.0 Å². The lowest BCUT2D eigenvalue weighted by Crippen LogP contribution is -2.51. The van der Waals surface area contributed by atoms with E-state index >= 15 is 0 Å². The number of nitrogens with one attached hydrogen (secondary N) is 1. The Morgan fingerprint density at radius 3 is 2.64 bits per heavy atom. The van der Waals surface area contributed by atoms with Crippen LogP contribution in [0.25, 0.3) is 21.6 Å². The molecule has 1 saturated heterocycles. The first-order chi connectivity index (χ1) is 16.2. The second kappa shape index (κ2) is 9.57. The molecule has 0 radical (unpaired) electrons. The van der Waals surface area contributed by atoms with Gasteiger partial charge in [0.15, 0.2) is 17.6 Å². The van der Waals surface area contributed by atoms with E-state index in [0.717, 1.165) is 70.7 Å². The van der Waals surface area contributed by atoms with Gasteiger partial charge in [-0.3, -0.25) is 14.7 Å². The Morgan fingerprint density at radius 2 is 1.88 bits per heavy atom. The Morgan fingerprint density at radius 1 is 1.06 bits per heavy atom. The lowest BCUT2D eigenvalue weighted by molar-refractivity contribution is -0.127.